The lowest BCUT2D eigenvalue weighted by atomic mass is 10.1. The van der Waals surface area contributed by atoms with Gasteiger partial charge in [-0.2, -0.15) is 13.2 Å². The van der Waals surface area contributed by atoms with Crippen LogP contribution in [-0.4, -0.2) is 37.2 Å². The van der Waals surface area contributed by atoms with E-state index in [0.29, 0.717) is 24.6 Å². The van der Waals surface area contributed by atoms with Crippen LogP contribution in [-0.2, 0) is 22.1 Å². The topological polar surface area (TPSA) is 54.5 Å². The van der Waals surface area contributed by atoms with Gasteiger partial charge in [-0.3, -0.25) is 4.79 Å². The third-order valence-electron chi connectivity index (χ3n) is 4.01. The summed E-state index contributed by atoms with van der Waals surface area (Å²) in [6, 6.07) is 8.26. The molecule has 0 unspecified atom stereocenters. The first-order valence-electron chi connectivity index (χ1n) is 8.16. The average Bonchev–Trinajstić information content (AvgIpc) is 2.62. The van der Waals surface area contributed by atoms with E-state index in [9.17, 15) is 18.0 Å². The number of amides is 1. The quantitative estimate of drug-likeness (QED) is 0.905. The smallest absolute Gasteiger partial charge is 0.378 e. The third kappa shape index (κ3) is 4.72. The Kier molecular flexibility index (Phi) is 5.41. The molecule has 0 bridgehead atoms. The molecule has 1 fully saturated rings. The van der Waals surface area contributed by atoms with Crippen molar-refractivity contribution >= 4 is 17.4 Å². The van der Waals surface area contributed by atoms with E-state index in [-0.39, 0.29) is 6.42 Å². The van der Waals surface area contributed by atoms with E-state index < -0.39 is 17.6 Å². The molecule has 2 heterocycles. The molecule has 0 aliphatic carbocycles. The van der Waals surface area contributed by atoms with Crippen molar-refractivity contribution in [3.8, 4) is 0 Å². The monoisotopic (exact) mass is 365 g/mol. The summed E-state index contributed by atoms with van der Waals surface area (Å²) in [5.74, 6) is -0.0602. The summed E-state index contributed by atoms with van der Waals surface area (Å²) in [7, 11) is 0. The molecule has 8 heteroatoms. The highest BCUT2D eigenvalue weighted by atomic mass is 19.4. The number of hydrogen-bond acceptors (Lipinski definition) is 4. The van der Waals surface area contributed by atoms with Crippen LogP contribution >= 0.6 is 0 Å². The first kappa shape index (κ1) is 18.2. The molecule has 1 N–H and O–H groups in total. The largest absolute Gasteiger partial charge is 0.416 e. The molecule has 0 spiro atoms. The van der Waals surface area contributed by atoms with Crippen molar-refractivity contribution in [3.05, 3.63) is 53.7 Å². The van der Waals surface area contributed by atoms with E-state index in [2.05, 4.69) is 15.2 Å². The maximum Gasteiger partial charge on any atom is 0.416 e. The first-order valence-corrected chi connectivity index (χ1v) is 8.16. The van der Waals surface area contributed by atoms with Crippen molar-refractivity contribution in [1.29, 1.82) is 0 Å². The van der Waals surface area contributed by atoms with Gasteiger partial charge in [0.1, 0.15) is 5.82 Å². The van der Waals surface area contributed by atoms with Crippen LogP contribution in [0.5, 0.6) is 0 Å². The van der Waals surface area contributed by atoms with Crippen LogP contribution in [0.4, 0.5) is 24.7 Å². The van der Waals surface area contributed by atoms with Crippen molar-refractivity contribution in [2.75, 3.05) is 36.5 Å². The maximum absolute atomic E-state index is 12.7. The third-order valence-corrected chi connectivity index (χ3v) is 4.01. The second-order valence-corrected chi connectivity index (χ2v) is 5.92. The number of hydrogen-bond donors (Lipinski definition) is 1. The zero-order valence-electron chi connectivity index (χ0n) is 13.9. The van der Waals surface area contributed by atoms with E-state index in [1.165, 1.54) is 12.1 Å². The minimum atomic E-state index is -4.43. The van der Waals surface area contributed by atoms with E-state index in [1.54, 1.807) is 12.3 Å². The fourth-order valence-corrected chi connectivity index (χ4v) is 2.70. The molecular weight excluding hydrogens is 347 g/mol. The predicted octanol–water partition coefficient (Wildman–Crippen LogP) is 3.12. The Labute approximate surface area is 148 Å². The van der Waals surface area contributed by atoms with Gasteiger partial charge < -0.3 is 15.0 Å². The van der Waals surface area contributed by atoms with Crippen LogP contribution in [0.15, 0.2) is 42.6 Å². The fourth-order valence-electron chi connectivity index (χ4n) is 2.70. The maximum atomic E-state index is 12.7. The van der Waals surface area contributed by atoms with E-state index in [4.69, 9.17) is 4.74 Å². The first-order chi connectivity index (χ1) is 12.4. The highest BCUT2D eigenvalue weighted by molar-refractivity contribution is 5.91. The molecule has 1 aromatic carbocycles. The molecule has 26 heavy (non-hydrogen) atoms. The number of carbonyl (C=O) groups excluding carboxylic acids is 1. The number of pyridine rings is 1. The normalized spacial score (nSPS) is 15.0. The number of ether oxygens (including phenoxy) is 1. The van der Waals surface area contributed by atoms with Gasteiger partial charge in [0.2, 0.25) is 5.91 Å². The van der Waals surface area contributed by atoms with Gasteiger partial charge in [0.15, 0.2) is 0 Å². The summed E-state index contributed by atoms with van der Waals surface area (Å²) < 4.78 is 43.5. The Bertz CT molecular complexity index is 757. The summed E-state index contributed by atoms with van der Waals surface area (Å²) >= 11 is 0. The molecular formula is C18H18F3N3O2. The number of benzene rings is 1. The zero-order valence-corrected chi connectivity index (χ0v) is 13.9. The molecule has 2 aromatic rings. The number of nitrogens with zero attached hydrogens (tertiary/aromatic N) is 2. The lowest BCUT2D eigenvalue weighted by molar-refractivity contribution is -0.137. The highest BCUT2D eigenvalue weighted by Gasteiger charge is 2.30. The molecule has 1 amide bonds. The summed E-state index contributed by atoms with van der Waals surface area (Å²) in [6.45, 7) is 2.89. The minimum Gasteiger partial charge on any atom is -0.378 e. The Hall–Kier alpha value is -2.61. The van der Waals surface area contributed by atoms with Gasteiger partial charge in [0.25, 0.3) is 0 Å². The van der Waals surface area contributed by atoms with E-state index in [0.717, 1.165) is 30.9 Å². The molecule has 0 radical (unpaired) electrons. The lowest BCUT2D eigenvalue weighted by Crippen LogP contribution is -2.36. The van der Waals surface area contributed by atoms with Gasteiger partial charge in [-0.25, -0.2) is 4.98 Å². The number of morpholine rings is 1. The van der Waals surface area contributed by atoms with Crippen molar-refractivity contribution in [2.45, 2.75) is 12.6 Å². The summed E-state index contributed by atoms with van der Waals surface area (Å²) in [4.78, 5) is 18.4. The second kappa shape index (κ2) is 7.74. The molecule has 5 nitrogen and oxygen atoms in total. The molecule has 0 atom stereocenters. The van der Waals surface area contributed by atoms with Crippen molar-refractivity contribution in [1.82, 2.24) is 4.98 Å². The predicted molar refractivity (Wildman–Crippen MR) is 91.0 cm³/mol. The standard InChI is InChI=1S/C18H18F3N3O2/c19-18(20,21)14-3-1-2-13(10-14)11-17(25)23-16-5-4-15(12-22-16)24-6-8-26-9-7-24/h1-5,10,12H,6-9,11H2,(H,22,23,25). The molecule has 1 aliphatic heterocycles. The Morgan fingerprint density at radius 3 is 2.62 bits per heavy atom. The number of carbonyl (C=O) groups is 1. The van der Waals surface area contributed by atoms with Gasteiger partial charge in [0.05, 0.1) is 37.1 Å². The Morgan fingerprint density at radius 1 is 1.19 bits per heavy atom. The molecule has 0 saturated carbocycles. The number of rotatable bonds is 4. The van der Waals surface area contributed by atoms with Crippen LogP contribution in [0, 0.1) is 0 Å². The van der Waals surface area contributed by atoms with Crippen LogP contribution in [0.3, 0.4) is 0 Å². The zero-order chi connectivity index (χ0) is 18.6. The van der Waals surface area contributed by atoms with E-state index in [1.807, 2.05) is 6.07 Å². The van der Waals surface area contributed by atoms with Crippen LogP contribution in [0.25, 0.3) is 0 Å². The van der Waals surface area contributed by atoms with Gasteiger partial charge in [-0.05, 0) is 23.8 Å². The minimum absolute atomic E-state index is 0.156. The lowest BCUT2D eigenvalue weighted by Gasteiger charge is -2.28. The van der Waals surface area contributed by atoms with Gasteiger partial charge in [0, 0.05) is 13.1 Å². The summed E-state index contributed by atoms with van der Waals surface area (Å²) in [5, 5.41) is 2.60. The summed E-state index contributed by atoms with van der Waals surface area (Å²) in [5.41, 5.74) is 0.460. The molecule has 3 rings (SSSR count). The summed E-state index contributed by atoms with van der Waals surface area (Å²) in [6.07, 6.45) is -2.93. The molecule has 1 aliphatic rings. The Morgan fingerprint density at radius 2 is 1.96 bits per heavy atom. The number of halogens is 3. The van der Waals surface area contributed by atoms with Crippen molar-refractivity contribution in [2.24, 2.45) is 0 Å². The van der Waals surface area contributed by atoms with Gasteiger partial charge in [-0.1, -0.05) is 18.2 Å². The van der Waals surface area contributed by atoms with Gasteiger partial charge in [-0.15, -0.1) is 0 Å². The van der Waals surface area contributed by atoms with E-state index >= 15 is 0 Å². The molecule has 1 aromatic heterocycles. The SMILES string of the molecule is O=C(Cc1cccc(C(F)(F)F)c1)Nc1ccc(N2CCOCC2)cn1. The Balaban J connectivity index is 1.59. The van der Waals surface area contributed by atoms with Gasteiger partial charge >= 0.3 is 6.18 Å². The highest BCUT2D eigenvalue weighted by Crippen LogP contribution is 2.29. The number of anilines is 2. The van der Waals surface area contributed by atoms with Crippen LogP contribution in [0.1, 0.15) is 11.1 Å². The van der Waals surface area contributed by atoms with Crippen molar-refractivity contribution in [3.63, 3.8) is 0 Å². The van der Waals surface area contributed by atoms with Crippen LogP contribution in [0.2, 0.25) is 0 Å². The molecule has 1 saturated heterocycles. The number of aromatic nitrogens is 1. The molecule has 138 valence electrons. The van der Waals surface area contributed by atoms with Crippen LogP contribution < -0.4 is 10.2 Å². The second-order valence-electron chi connectivity index (χ2n) is 5.92. The average molecular weight is 365 g/mol. The number of alkyl halides is 3. The van der Waals surface area contributed by atoms with Crippen molar-refractivity contribution < 1.29 is 22.7 Å². The fraction of sp³-hybridized carbons (Fsp3) is 0.333. The number of nitrogens with one attached hydrogen (secondary N) is 1.